The monoisotopic (exact) mass is 259 g/mol. The summed E-state index contributed by atoms with van der Waals surface area (Å²) in [5.74, 6) is -0.0254. The van der Waals surface area contributed by atoms with E-state index in [-0.39, 0.29) is 11.6 Å². The Kier molecular flexibility index (Phi) is 2.35. The maximum Gasteiger partial charge on any atom is 0.270 e. The third-order valence-electron chi connectivity index (χ3n) is 3.75. The summed E-state index contributed by atoms with van der Waals surface area (Å²) in [6, 6.07) is 4.74. The average Bonchev–Trinajstić information content (AvgIpc) is 2.67. The number of benzene rings is 1. The number of carbonyl (C=O) groups is 1. The fourth-order valence-corrected chi connectivity index (χ4v) is 2.71. The van der Waals surface area contributed by atoms with Crippen LogP contribution in [0.1, 0.15) is 16.1 Å². The minimum Gasteiger partial charge on any atom is -0.340 e. The largest absolute Gasteiger partial charge is 0.340 e. The molecule has 1 amide bonds. The zero-order valence-electron chi connectivity index (χ0n) is 10.7. The third-order valence-corrected chi connectivity index (χ3v) is 3.75. The van der Waals surface area contributed by atoms with Gasteiger partial charge in [0.15, 0.2) is 0 Å². The summed E-state index contributed by atoms with van der Waals surface area (Å²) >= 11 is 0. The number of nitrogens with zero attached hydrogens (tertiary/aromatic N) is 3. The first-order chi connectivity index (χ1) is 9.00. The molecule has 0 unspecified atom stereocenters. The van der Waals surface area contributed by atoms with E-state index in [4.69, 9.17) is 0 Å². The van der Waals surface area contributed by atoms with Gasteiger partial charge in [0.05, 0.1) is 4.92 Å². The Morgan fingerprint density at radius 2 is 2.05 bits per heavy atom. The molecule has 0 saturated heterocycles. The molecule has 19 heavy (non-hydrogen) atoms. The van der Waals surface area contributed by atoms with Crippen molar-refractivity contribution < 1.29 is 9.72 Å². The molecule has 2 heterocycles. The third kappa shape index (κ3) is 1.53. The highest BCUT2D eigenvalue weighted by atomic mass is 16.6. The summed E-state index contributed by atoms with van der Waals surface area (Å²) in [5, 5.41) is 11.7. The predicted molar refractivity (Wildman–Crippen MR) is 70.2 cm³/mol. The van der Waals surface area contributed by atoms with Crippen molar-refractivity contribution in [3.05, 3.63) is 39.6 Å². The Balaban J connectivity index is 2.33. The highest BCUT2D eigenvalue weighted by Crippen LogP contribution is 2.31. The normalized spacial score (nSPS) is 14.8. The lowest BCUT2D eigenvalue weighted by Crippen LogP contribution is -2.35. The summed E-state index contributed by atoms with van der Waals surface area (Å²) in [6.07, 6.45) is 0.732. The van der Waals surface area contributed by atoms with Gasteiger partial charge in [0, 0.05) is 43.7 Å². The van der Waals surface area contributed by atoms with Crippen LogP contribution in [0.25, 0.3) is 10.9 Å². The minimum absolute atomic E-state index is 0.0254. The molecule has 1 aromatic carbocycles. The van der Waals surface area contributed by atoms with E-state index in [2.05, 4.69) is 0 Å². The van der Waals surface area contributed by atoms with E-state index in [0.717, 1.165) is 22.9 Å². The van der Waals surface area contributed by atoms with Crippen LogP contribution in [-0.4, -0.2) is 33.9 Å². The number of likely N-dealkylation sites (N-methyl/N-ethyl adjacent to an activating group) is 1. The van der Waals surface area contributed by atoms with Crippen LogP contribution >= 0.6 is 0 Å². The van der Waals surface area contributed by atoms with E-state index in [0.29, 0.717) is 12.2 Å². The first-order valence-electron chi connectivity index (χ1n) is 6.02. The fraction of sp³-hybridized carbons (Fsp3) is 0.308. The van der Waals surface area contributed by atoms with Gasteiger partial charge in [-0.2, -0.15) is 0 Å². The van der Waals surface area contributed by atoms with Gasteiger partial charge in [0.1, 0.15) is 5.69 Å². The molecule has 0 spiro atoms. The van der Waals surface area contributed by atoms with Gasteiger partial charge in [-0.1, -0.05) is 0 Å². The molecule has 1 aliphatic heterocycles. The molecule has 3 rings (SSSR count). The summed E-state index contributed by atoms with van der Waals surface area (Å²) in [5.41, 5.74) is 2.49. The molecule has 0 saturated carbocycles. The number of aryl methyl sites for hydroxylation is 1. The van der Waals surface area contributed by atoms with E-state index in [1.807, 2.05) is 11.6 Å². The Labute approximate surface area is 109 Å². The van der Waals surface area contributed by atoms with E-state index < -0.39 is 4.92 Å². The lowest BCUT2D eigenvalue weighted by Gasteiger charge is -2.23. The molecule has 0 atom stereocenters. The van der Waals surface area contributed by atoms with Crippen molar-refractivity contribution in [1.29, 1.82) is 0 Å². The Hall–Kier alpha value is -2.37. The van der Waals surface area contributed by atoms with E-state index in [1.165, 1.54) is 6.07 Å². The molecule has 1 aliphatic rings. The lowest BCUT2D eigenvalue weighted by molar-refractivity contribution is -0.384. The van der Waals surface area contributed by atoms with Gasteiger partial charge in [-0.05, 0) is 18.1 Å². The van der Waals surface area contributed by atoms with Crippen molar-refractivity contribution in [2.45, 2.75) is 6.42 Å². The zero-order chi connectivity index (χ0) is 13.7. The highest BCUT2D eigenvalue weighted by Gasteiger charge is 2.28. The Morgan fingerprint density at radius 3 is 2.74 bits per heavy atom. The number of non-ortho nitro benzene ring substituents is 1. The Bertz CT molecular complexity index is 717. The Morgan fingerprint density at radius 1 is 1.32 bits per heavy atom. The molecule has 1 aromatic heterocycles. The molecular weight excluding hydrogens is 246 g/mol. The second-order valence-corrected chi connectivity index (χ2v) is 4.82. The van der Waals surface area contributed by atoms with Gasteiger partial charge in [0.2, 0.25) is 0 Å². The molecular formula is C13H13N3O3. The number of rotatable bonds is 1. The second kappa shape index (κ2) is 3.81. The molecule has 0 fully saturated rings. The van der Waals surface area contributed by atoms with Crippen LogP contribution in [0.3, 0.4) is 0 Å². The van der Waals surface area contributed by atoms with Crippen LogP contribution in [0.15, 0.2) is 18.2 Å². The van der Waals surface area contributed by atoms with Crippen LogP contribution in [0.4, 0.5) is 5.69 Å². The van der Waals surface area contributed by atoms with E-state index in [1.54, 1.807) is 24.1 Å². The first kappa shape index (κ1) is 11.7. The number of hydrogen-bond acceptors (Lipinski definition) is 3. The molecule has 0 N–H and O–H groups in total. The summed E-state index contributed by atoms with van der Waals surface area (Å²) in [4.78, 5) is 24.3. The number of amides is 1. The van der Waals surface area contributed by atoms with Gasteiger partial charge in [0.25, 0.3) is 11.6 Å². The fourth-order valence-electron chi connectivity index (χ4n) is 2.71. The predicted octanol–water partition coefficient (Wildman–Crippen LogP) is 1.71. The maximum absolute atomic E-state index is 12.2. The van der Waals surface area contributed by atoms with Crippen molar-refractivity contribution in [2.24, 2.45) is 7.05 Å². The summed E-state index contributed by atoms with van der Waals surface area (Å²) < 4.78 is 1.83. The van der Waals surface area contributed by atoms with Gasteiger partial charge in [-0.3, -0.25) is 14.9 Å². The molecule has 2 aromatic rings. The number of fused-ring (bicyclic) bond motifs is 3. The van der Waals surface area contributed by atoms with Gasteiger partial charge < -0.3 is 9.47 Å². The minimum atomic E-state index is -0.407. The average molecular weight is 259 g/mol. The standard InChI is InChI=1S/C13H13N3O3/c1-14-6-5-9-10-7-8(16(18)19)3-4-11(10)15(2)12(9)13(14)17/h3-4,7H,5-6H2,1-2H3. The maximum atomic E-state index is 12.2. The smallest absolute Gasteiger partial charge is 0.270 e. The van der Waals surface area contributed by atoms with Gasteiger partial charge in [-0.15, -0.1) is 0 Å². The van der Waals surface area contributed by atoms with E-state index in [9.17, 15) is 14.9 Å². The number of carbonyl (C=O) groups excluding carboxylic acids is 1. The molecule has 0 bridgehead atoms. The lowest BCUT2D eigenvalue weighted by atomic mass is 10.0. The first-order valence-corrected chi connectivity index (χ1v) is 6.02. The second-order valence-electron chi connectivity index (χ2n) is 4.82. The summed E-state index contributed by atoms with van der Waals surface area (Å²) in [6.45, 7) is 0.646. The quantitative estimate of drug-likeness (QED) is 0.578. The van der Waals surface area contributed by atoms with Crippen molar-refractivity contribution >= 4 is 22.5 Å². The van der Waals surface area contributed by atoms with Gasteiger partial charge in [-0.25, -0.2) is 0 Å². The van der Waals surface area contributed by atoms with Gasteiger partial charge >= 0.3 is 0 Å². The van der Waals surface area contributed by atoms with Crippen LogP contribution in [-0.2, 0) is 13.5 Å². The van der Waals surface area contributed by atoms with Crippen LogP contribution in [0.5, 0.6) is 0 Å². The highest BCUT2D eigenvalue weighted by molar-refractivity contribution is 6.03. The van der Waals surface area contributed by atoms with Crippen LogP contribution < -0.4 is 0 Å². The van der Waals surface area contributed by atoms with Crippen LogP contribution in [0.2, 0.25) is 0 Å². The number of aromatic nitrogens is 1. The van der Waals surface area contributed by atoms with Crippen LogP contribution in [0, 0.1) is 10.1 Å². The molecule has 0 radical (unpaired) electrons. The summed E-state index contributed by atoms with van der Waals surface area (Å²) in [7, 11) is 3.59. The zero-order valence-corrected chi connectivity index (χ0v) is 10.7. The van der Waals surface area contributed by atoms with Crippen molar-refractivity contribution in [3.8, 4) is 0 Å². The number of hydrogen-bond donors (Lipinski definition) is 0. The number of nitro groups is 1. The number of nitro benzene ring substituents is 1. The molecule has 6 nitrogen and oxygen atoms in total. The topological polar surface area (TPSA) is 68.4 Å². The van der Waals surface area contributed by atoms with Crippen molar-refractivity contribution in [2.75, 3.05) is 13.6 Å². The SMILES string of the molecule is CN1CCc2c(n(C)c3ccc([N+](=O)[O-])cc23)C1=O. The molecule has 98 valence electrons. The van der Waals surface area contributed by atoms with Crippen molar-refractivity contribution in [3.63, 3.8) is 0 Å². The molecule has 6 heteroatoms. The molecule has 0 aliphatic carbocycles. The van der Waals surface area contributed by atoms with E-state index >= 15 is 0 Å². The van der Waals surface area contributed by atoms with Crippen molar-refractivity contribution in [1.82, 2.24) is 9.47 Å².